The summed E-state index contributed by atoms with van der Waals surface area (Å²) < 4.78 is 33.4. The number of nitrogens with zero attached hydrogens (tertiary/aromatic N) is 2. The highest BCUT2D eigenvalue weighted by Gasteiger charge is 2.22. The number of nitro benzene ring substituents is 1. The minimum Gasteiger partial charge on any atom is -0.497 e. The molecule has 0 heterocycles. The second kappa shape index (κ2) is 9.26. The van der Waals surface area contributed by atoms with Crippen molar-refractivity contribution in [2.75, 3.05) is 17.3 Å². The van der Waals surface area contributed by atoms with E-state index in [4.69, 9.17) is 4.74 Å². The van der Waals surface area contributed by atoms with E-state index < -0.39 is 14.9 Å². The zero-order valence-corrected chi connectivity index (χ0v) is 17.6. The van der Waals surface area contributed by atoms with E-state index in [0.29, 0.717) is 5.75 Å². The third kappa shape index (κ3) is 5.58. The Kier molecular flexibility index (Phi) is 6.51. The number of hydrazone groups is 1. The van der Waals surface area contributed by atoms with Crippen molar-refractivity contribution in [3.05, 3.63) is 88.0 Å². The summed E-state index contributed by atoms with van der Waals surface area (Å²) in [6.07, 6.45) is 1.53. The van der Waals surface area contributed by atoms with E-state index >= 15 is 0 Å². The third-order valence-electron chi connectivity index (χ3n) is 4.25. The Morgan fingerprint density at radius 3 is 2.45 bits per heavy atom. The molecule has 0 radical (unpaired) electrons. The normalized spacial score (nSPS) is 11.3. The summed E-state index contributed by atoms with van der Waals surface area (Å²) in [6, 6.07) is 17.3. The molecule has 0 fully saturated rings. The van der Waals surface area contributed by atoms with Gasteiger partial charge in [0.15, 0.2) is 0 Å². The van der Waals surface area contributed by atoms with Gasteiger partial charge in [0, 0.05) is 17.8 Å². The van der Waals surface area contributed by atoms with Crippen molar-refractivity contribution in [2.45, 2.75) is 11.8 Å². The van der Waals surface area contributed by atoms with Gasteiger partial charge in [-0.2, -0.15) is 5.10 Å². The number of anilines is 2. The molecule has 3 aromatic rings. The Bertz CT molecular complexity index is 1220. The molecule has 0 aromatic heterocycles. The number of non-ortho nitro benzene ring substituents is 1. The molecule has 3 rings (SSSR count). The lowest BCUT2D eigenvalue weighted by atomic mass is 10.2. The first-order valence-corrected chi connectivity index (χ1v) is 10.6. The predicted octanol–water partition coefficient (Wildman–Crippen LogP) is 4.16. The van der Waals surface area contributed by atoms with Gasteiger partial charge < -0.3 is 4.74 Å². The Balaban J connectivity index is 1.92. The van der Waals surface area contributed by atoms with Crippen molar-refractivity contribution < 1.29 is 18.1 Å². The Labute approximate surface area is 179 Å². The van der Waals surface area contributed by atoms with E-state index in [9.17, 15) is 18.5 Å². The molecule has 3 aromatic carbocycles. The standard InChI is InChI=1S/C21H20N4O5S/c1-15-4-3-5-16(12-15)14-22-23-20-11-8-18(25(26)27)13-21(20)31(28,29)24-17-6-9-19(30-2)10-7-17/h3-14,23-24H,1-2H3/b22-14-. The average molecular weight is 440 g/mol. The van der Waals surface area contributed by atoms with Gasteiger partial charge in [-0.1, -0.05) is 29.8 Å². The van der Waals surface area contributed by atoms with Crippen LogP contribution in [0.3, 0.4) is 0 Å². The van der Waals surface area contributed by atoms with Gasteiger partial charge in [-0.25, -0.2) is 8.42 Å². The molecule has 0 aliphatic rings. The number of rotatable bonds is 8. The fourth-order valence-corrected chi connectivity index (χ4v) is 3.97. The Morgan fingerprint density at radius 2 is 1.81 bits per heavy atom. The number of ether oxygens (including phenoxy) is 1. The molecule has 0 aliphatic heterocycles. The van der Waals surface area contributed by atoms with Crippen LogP contribution >= 0.6 is 0 Å². The first-order valence-electron chi connectivity index (χ1n) is 9.09. The average Bonchev–Trinajstić information content (AvgIpc) is 2.74. The van der Waals surface area contributed by atoms with Crippen molar-refractivity contribution in [2.24, 2.45) is 5.10 Å². The zero-order chi connectivity index (χ0) is 22.4. The summed E-state index contributed by atoms with van der Waals surface area (Å²) in [5.74, 6) is 0.561. The lowest BCUT2D eigenvalue weighted by Gasteiger charge is -2.12. The van der Waals surface area contributed by atoms with Gasteiger partial charge in [0.25, 0.3) is 15.7 Å². The number of nitro groups is 1. The molecule has 0 amide bonds. The van der Waals surface area contributed by atoms with Gasteiger partial charge in [0.1, 0.15) is 10.6 Å². The predicted molar refractivity (Wildman–Crippen MR) is 119 cm³/mol. The van der Waals surface area contributed by atoms with Crippen molar-refractivity contribution in [1.29, 1.82) is 0 Å². The topological polar surface area (TPSA) is 123 Å². The highest BCUT2D eigenvalue weighted by atomic mass is 32.2. The van der Waals surface area contributed by atoms with Crippen LogP contribution < -0.4 is 14.9 Å². The van der Waals surface area contributed by atoms with Gasteiger partial charge in [0.05, 0.1) is 23.9 Å². The second-order valence-corrected chi connectivity index (χ2v) is 8.21. The molecule has 0 unspecified atom stereocenters. The number of methoxy groups -OCH3 is 1. The number of nitrogens with one attached hydrogen (secondary N) is 2. The molecular formula is C21H20N4O5S. The highest BCUT2D eigenvalue weighted by molar-refractivity contribution is 7.92. The summed E-state index contributed by atoms with van der Waals surface area (Å²) in [6.45, 7) is 1.94. The van der Waals surface area contributed by atoms with E-state index in [1.165, 1.54) is 37.6 Å². The Hall–Kier alpha value is -3.92. The summed E-state index contributed by atoms with van der Waals surface area (Å²) in [4.78, 5) is 10.2. The smallest absolute Gasteiger partial charge is 0.270 e. The molecule has 10 heteroatoms. The first kappa shape index (κ1) is 21.8. The minimum atomic E-state index is -4.15. The van der Waals surface area contributed by atoms with Crippen LogP contribution in [-0.2, 0) is 10.0 Å². The van der Waals surface area contributed by atoms with E-state index in [1.807, 2.05) is 31.2 Å². The van der Waals surface area contributed by atoms with Crippen LogP contribution in [-0.4, -0.2) is 26.7 Å². The van der Waals surface area contributed by atoms with E-state index in [1.54, 1.807) is 12.1 Å². The molecule has 160 valence electrons. The van der Waals surface area contributed by atoms with Crippen LogP contribution in [0.25, 0.3) is 0 Å². The van der Waals surface area contributed by atoms with E-state index in [0.717, 1.165) is 17.2 Å². The monoisotopic (exact) mass is 440 g/mol. The van der Waals surface area contributed by atoms with Crippen molar-refractivity contribution in [3.63, 3.8) is 0 Å². The van der Waals surface area contributed by atoms with Crippen LogP contribution in [0.15, 0.2) is 76.7 Å². The largest absolute Gasteiger partial charge is 0.497 e. The lowest BCUT2D eigenvalue weighted by Crippen LogP contribution is -2.15. The summed E-state index contributed by atoms with van der Waals surface area (Å²) in [5, 5.41) is 15.3. The maximum atomic E-state index is 13.0. The quantitative estimate of drug-likeness (QED) is 0.308. The van der Waals surface area contributed by atoms with Gasteiger partial charge in [-0.3, -0.25) is 20.3 Å². The fraction of sp³-hybridized carbons (Fsp3) is 0.0952. The molecule has 0 saturated carbocycles. The molecule has 31 heavy (non-hydrogen) atoms. The van der Waals surface area contributed by atoms with Crippen LogP contribution in [0.2, 0.25) is 0 Å². The van der Waals surface area contributed by atoms with E-state index in [2.05, 4.69) is 15.2 Å². The van der Waals surface area contributed by atoms with Gasteiger partial charge in [-0.15, -0.1) is 0 Å². The fourth-order valence-electron chi connectivity index (χ4n) is 2.74. The molecule has 0 bridgehead atoms. The molecule has 0 atom stereocenters. The number of sulfonamides is 1. The molecule has 0 aliphatic carbocycles. The van der Waals surface area contributed by atoms with Gasteiger partial charge >= 0.3 is 0 Å². The molecular weight excluding hydrogens is 420 g/mol. The van der Waals surface area contributed by atoms with Crippen LogP contribution in [0, 0.1) is 17.0 Å². The van der Waals surface area contributed by atoms with E-state index in [-0.39, 0.29) is 22.0 Å². The maximum absolute atomic E-state index is 13.0. The van der Waals surface area contributed by atoms with Crippen molar-refractivity contribution in [1.82, 2.24) is 0 Å². The van der Waals surface area contributed by atoms with Crippen LogP contribution in [0.1, 0.15) is 11.1 Å². The Morgan fingerprint density at radius 1 is 1.06 bits per heavy atom. The molecule has 0 saturated heterocycles. The third-order valence-corrected chi connectivity index (χ3v) is 5.67. The SMILES string of the molecule is COc1ccc(NS(=O)(=O)c2cc([N+](=O)[O-])ccc2N/N=C\c2cccc(C)c2)cc1. The number of hydrogen-bond acceptors (Lipinski definition) is 7. The zero-order valence-electron chi connectivity index (χ0n) is 16.8. The van der Waals surface area contributed by atoms with Crippen molar-refractivity contribution in [3.8, 4) is 5.75 Å². The van der Waals surface area contributed by atoms with Crippen LogP contribution in [0.4, 0.5) is 17.1 Å². The second-order valence-electron chi connectivity index (χ2n) is 6.56. The molecule has 0 spiro atoms. The number of aryl methyl sites for hydroxylation is 1. The van der Waals surface area contributed by atoms with Gasteiger partial charge in [-0.05, 0) is 42.8 Å². The maximum Gasteiger partial charge on any atom is 0.270 e. The first-order chi connectivity index (χ1) is 14.8. The van der Waals surface area contributed by atoms with Gasteiger partial charge in [0.2, 0.25) is 0 Å². The lowest BCUT2D eigenvalue weighted by molar-refractivity contribution is -0.385. The number of benzene rings is 3. The number of hydrogen-bond donors (Lipinski definition) is 2. The van der Waals surface area contributed by atoms with Crippen LogP contribution in [0.5, 0.6) is 5.75 Å². The highest BCUT2D eigenvalue weighted by Crippen LogP contribution is 2.28. The minimum absolute atomic E-state index is 0.0931. The summed E-state index contributed by atoms with van der Waals surface area (Å²) in [7, 11) is -2.66. The van der Waals surface area contributed by atoms with Crippen molar-refractivity contribution >= 4 is 33.3 Å². The summed E-state index contributed by atoms with van der Waals surface area (Å²) in [5.41, 5.74) is 4.54. The molecule has 2 N–H and O–H groups in total. The summed E-state index contributed by atoms with van der Waals surface area (Å²) >= 11 is 0. The molecule has 9 nitrogen and oxygen atoms in total.